The minimum atomic E-state index is -4.50. The molecule has 1 fully saturated rings. The van der Waals surface area contributed by atoms with Gasteiger partial charge in [0.05, 0.1) is 24.8 Å². The van der Waals surface area contributed by atoms with Crippen LogP contribution in [0.1, 0.15) is 25.3 Å². The van der Waals surface area contributed by atoms with Crippen molar-refractivity contribution in [2.45, 2.75) is 32.0 Å². The Morgan fingerprint density at radius 2 is 2.21 bits per heavy atom. The molecule has 2 N–H and O–H groups in total. The minimum Gasteiger partial charge on any atom is -0.475 e. The van der Waals surface area contributed by atoms with Crippen molar-refractivity contribution in [3.05, 3.63) is 22.8 Å². The van der Waals surface area contributed by atoms with Gasteiger partial charge in [-0.1, -0.05) is 11.6 Å². The molecule has 0 aromatic carbocycles. The van der Waals surface area contributed by atoms with E-state index in [1.807, 2.05) is 6.92 Å². The summed E-state index contributed by atoms with van der Waals surface area (Å²) in [5, 5.41) is 6.00. The van der Waals surface area contributed by atoms with Crippen LogP contribution in [0, 0.1) is 0 Å². The van der Waals surface area contributed by atoms with E-state index in [-0.39, 0.29) is 23.6 Å². The van der Waals surface area contributed by atoms with Gasteiger partial charge in [-0.05, 0) is 25.8 Å². The molecule has 0 bridgehead atoms. The summed E-state index contributed by atoms with van der Waals surface area (Å²) in [6, 6.07) is 0.794. The maximum absolute atomic E-state index is 12.6. The van der Waals surface area contributed by atoms with Crippen molar-refractivity contribution in [2.24, 2.45) is 4.99 Å². The monoisotopic (exact) mass is 438 g/mol. The van der Waals surface area contributed by atoms with Crippen LogP contribution in [0.4, 0.5) is 13.2 Å². The van der Waals surface area contributed by atoms with Crippen molar-refractivity contribution in [3.63, 3.8) is 0 Å². The Morgan fingerprint density at radius 3 is 2.86 bits per heavy atom. The third kappa shape index (κ3) is 8.63. The Bertz CT molecular complexity index is 656. The zero-order valence-electron chi connectivity index (χ0n) is 16.2. The van der Waals surface area contributed by atoms with Crippen LogP contribution < -0.4 is 15.4 Å². The molecule has 1 aromatic rings. The first kappa shape index (κ1) is 23.5. The van der Waals surface area contributed by atoms with E-state index in [4.69, 9.17) is 25.8 Å². The van der Waals surface area contributed by atoms with E-state index in [0.717, 1.165) is 25.5 Å². The van der Waals surface area contributed by atoms with Crippen molar-refractivity contribution in [2.75, 3.05) is 46.1 Å². The van der Waals surface area contributed by atoms with Gasteiger partial charge in [0.15, 0.2) is 5.96 Å². The van der Waals surface area contributed by atoms with Gasteiger partial charge in [-0.2, -0.15) is 13.2 Å². The SMILES string of the molecule is CCNC(=NCCCOC1CCOC1)NCCOc1ncc(C(F)(F)F)cc1Cl. The highest BCUT2D eigenvalue weighted by Gasteiger charge is 2.31. The number of pyridine rings is 1. The molecule has 0 amide bonds. The first-order chi connectivity index (χ1) is 13.9. The number of hydrogen-bond donors (Lipinski definition) is 2. The molecule has 0 aliphatic carbocycles. The molecule has 1 aliphatic rings. The van der Waals surface area contributed by atoms with E-state index in [1.54, 1.807) is 0 Å². The van der Waals surface area contributed by atoms with Gasteiger partial charge >= 0.3 is 6.18 Å². The second-order valence-electron chi connectivity index (χ2n) is 6.25. The number of alkyl halides is 3. The predicted octanol–water partition coefficient (Wildman–Crippen LogP) is 2.88. The second kappa shape index (κ2) is 12.0. The largest absolute Gasteiger partial charge is 0.475 e. The third-order valence-corrected chi connectivity index (χ3v) is 4.20. The average Bonchev–Trinajstić information content (AvgIpc) is 3.18. The van der Waals surface area contributed by atoms with Gasteiger partial charge in [-0.15, -0.1) is 0 Å². The average molecular weight is 439 g/mol. The lowest BCUT2D eigenvalue weighted by Crippen LogP contribution is -2.39. The fourth-order valence-corrected chi connectivity index (χ4v) is 2.72. The van der Waals surface area contributed by atoms with Crippen molar-refractivity contribution < 1.29 is 27.4 Å². The molecule has 1 unspecified atom stereocenters. The van der Waals surface area contributed by atoms with E-state index in [9.17, 15) is 13.2 Å². The van der Waals surface area contributed by atoms with Crippen LogP contribution in [0.15, 0.2) is 17.3 Å². The number of guanidine groups is 1. The molecule has 0 radical (unpaired) electrons. The number of rotatable bonds is 10. The fourth-order valence-electron chi connectivity index (χ4n) is 2.50. The first-order valence-electron chi connectivity index (χ1n) is 9.47. The lowest BCUT2D eigenvalue weighted by molar-refractivity contribution is -0.137. The summed E-state index contributed by atoms with van der Waals surface area (Å²) in [5.74, 6) is 0.572. The Balaban J connectivity index is 1.68. The van der Waals surface area contributed by atoms with Gasteiger partial charge in [0.25, 0.3) is 0 Å². The number of nitrogens with one attached hydrogen (secondary N) is 2. The quantitative estimate of drug-likeness (QED) is 0.332. The van der Waals surface area contributed by atoms with Crippen LogP contribution in [0.25, 0.3) is 0 Å². The summed E-state index contributed by atoms with van der Waals surface area (Å²) in [4.78, 5) is 8.07. The summed E-state index contributed by atoms with van der Waals surface area (Å²) < 4.78 is 54.1. The third-order valence-electron chi connectivity index (χ3n) is 3.93. The minimum absolute atomic E-state index is 0.0450. The fraction of sp³-hybridized carbons (Fsp3) is 0.667. The maximum Gasteiger partial charge on any atom is 0.417 e. The number of ether oxygens (including phenoxy) is 3. The van der Waals surface area contributed by atoms with Gasteiger partial charge in [-0.3, -0.25) is 4.99 Å². The lowest BCUT2D eigenvalue weighted by Gasteiger charge is -2.13. The standard InChI is InChI=1S/C18H26ClF3N4O3/c1-2-23-17(24-5-3-7-28-14-4-8-27-12-14)25-6-9-29-16-15(19)10-13(11-26-16)18(20,21)22/h10-11,14H,2-9,12H2,1H3,(H2,23,24,25). The zero-order valence-corrected chi connectivity index (χ0v) is 17.0. The highest BCUT2D eigenvalue weighted by Crippen LogP contribution is 2.32. The van der Waals surface area contributed by atoms with E-state index in [2.05, 4.69) is 20.6 Å². The van der Waals surface area contributed by atoms with Crippen molar-refractivity contribution >= 4 is 17.6 Å². The van der Waals surface area contributed by atoms with E-state index < -0.39 is 11.7 Å². The molecule has 11 heteroatoms. The molecule has 1 saturated heterocycles. The summed E-state index contributed by atoms with van der Waals surface area (Å²) in [6.07, 6.45) is -1.89. The van der Waals surface area contributed by atoms with Crippen LogP contribution in [0.3, 0.4) is 0 Å². The topological polar surface area (TPSA) is 77.0 Å². The van der Waals surface area contributed by atoms with E-state index >= 15 is 0 Å². The van der Waals surface area contributed by atoms with Gasteiger partial charge in [0, 0.05) is 32.5 Å². The Kier molecular flexibility index (Phi) is 9.75. The molecular formula is C18H26ClF3N4O3. The van der Waals surface area contributed by atoms with Crippen molar-refractivity contribution in [1.82, 2.24) is 15.6 Å². The molecule has 0 spiro atoms. The number of aliphatic imine (C=N–C) groups is 1. The normalized spacial score (nSPS) is 17.4. The second-order valence-corrected chi connectivity index (χ2v) is 6.66. The molecule has 1 aliphatic heterocycles. The van der Waals surface area contributed by atoms with E-state index in [1.165, 1.54) is 0 Å². The molecule has 29 heavy (non-hydrogen) atoms. The summed E-state index contributed by atoms with van der Waals surface area (Å²) in [7, 11) is 0. The smallest absolute Gasteiger partial charge is 0.417 e. The van der Waals surface area contributed by atoms with Gasteiger partial charge in [-0.25, -0.2) is 4.98 Å². The highest BCUT2D eigenvalue weighted by molar-refractivity contribution is 6.31. The summed E-state index contributed by atoms with van der Waals surface area (Å²) >= 11 is 5.81. The molecule has 0 saturated carbocycles. The van der Waals surface area contributed by atoms with Crippen LogP contribution in [-0.2, 0) is 15.7 Å². The first-order valence-corrected chi connectivity index (χ1v) is 9.85. The predicted molar refractivity (Wildman–Crippen MR) is 104 cm³/mol. The highest BCUT2D eigenvalue weighted by atomic mass is 35.5. The van der Waals surface area contributed by atoms with E-state index in [0.29, 0.717) is 45.0 Å². The van der Waals surface area contributed by atoms with Crippen LogP contribution in [0.5, 0.6) is 5.88 Å². The molecular weight excluding hydrogens is 413 g/mol. The number of hydrogen-bond acceptors (Lipinski definition) is 5. The molecule has 164 valence electrons. The number of aromatic nitrogens is 1. The molecule has 2 rings (SSSR count). The maximum atomic E-state index is 12.6. The Labute approximate surface area is 173 Å². The Morgan fingerprint density at radius 1 is 1.38 bits per heavy atom. The number of nitrogens with zero attached hydrogens (tertiary/aromatic N) is 2. The lowest BCUT2D eigenvalue weighted by atomic mass is 10.3. The summed E-state index contributed by atoms with van der Waals surface area (Å²) in [5.41, 5.74) is -0.918. The number of halogens is 4. The molecule has 1 atom stereocenters. The van der Waals surface area contributed by atoms with Gasteiger partial charge < -0.3 is 24.8 Å². The van der Waals surface area contributed by atoms with Gasteiger partial charge in [0.2, 0.25) is 5.88 Å². The molecule has 2 heterocycles. The Hall–Kier alpha value is -1.78. The molecule has 1 aromatic heterocycles. The molecule has 7 nitrogen and oxygen atoms in total. The summed E-state index contributed by atoms with van der Waals surface area (Å²) in [6.45, 7) is 5.80. The van der Waals surface area contributed by atoms with Crippen LogP contribution >= 0.6 is 11.6 Å². The van der Waals surface area contributed by atoms with Crippen molar-refractivity contribution in [3.8, 4) is 5.88 Å². The van der Waals surface area contributed by atoms with Crippen LogP contribution in [0.2, 0.25) is 5.02 Å². The zero-order chi connectivity index (χ0) is 21.1. The van der Waals surface area contributed by atoms with Gasteiger partial charge in [0.1, 0.15) is 11.6 Å². The van der Waals surface area contributed by atoms with Crippen molar-refractivity contribution in [1.29, 1.82) is 0 Å². The van der Waals surface area contributed by atoms with Crippen LogP contribution in [-0.4, -0.2) is 63.1 Å².